The molecule has 9 nitrogen and oxygen atoms in total. The molecule has 6 rings (SSSR count). The number of fused-ring (bicyclic) bond motifs is 5. The van der Waals surface area contributed by atoms with Crippen LogP contribution in [0, 0.1) is 23.7 Å². The summed E-state index contributed by atoms with van der Waals surface area (Å²) >= 11 is 12.3. The van der Waals surface area contributed by atoms with E-state index in [0.717, 1.165) is 10.0 Å². The number of carbonyl (C=O) groups excluding carboxylic acids is 5. The second-order valence-electron chi connectivity index (χ2n) is 10.5. The summed E-state index contributed by atoms with van der Waals surface area (Å²) in [6.07, 6.45) is 4.60. The third-order valence-corrected chi connectivity index (χ3v) is 8.62. The number of hydrogen-bond donors (Lipinski definition) is 0. The number of ether oxygens (including phenoxy) is 2. The Kier molecular flexibility index (Phi) is 7.54. The first-order valence-electron chi connectivity index (χ1n) is 13.5. The summed E-state index contributed by atoms with van der Waals surface area (Å²) in [6, 6.07) is 16.4. The van der Waals surface area contributed by atoms with Gasteiger partial charge in [0, 0.05) is 10.6 Å². The van der Waals surface area contributed by atoms with Crippen LogP contribution in [0.25, 0.3) is 0 Å². The first-order valence-corrected chi connectivity index (χ1v) is 14.2. The lowest BCUT2D eigenvalue weighted by atomic mass is 9.85. The van der Waals surface area contributed by atoms with E-state index in [4.69, 9.17) is 32.7 Å². The van der Waals surface area contributed by atoms with Crippen LogP contribution in [0.5, 0.6) is 11.5 Å². The molecule has 3 aromatic carbocycles. The van der Waals surface area contributed by atoms with Crippen molar-refractivity contribution in [3.8, 4) is 11.5 Å². The molecule has 11 heteroatoms. The van der Waals surface area contributed by atoms with Gasteiger partial charge in [0.25, 0.3) is 17.7 Å². The molecule has 1 saturated heterocycles. The maximum absolute atomic E-state index is 13.8. The third-order valence-electron chi connectivity index (χ3n) is 8.07. The van der Waals surface area contributed by atoms with E-state index in [2.05, 4.69) is 0 Å². The molecule has 0 unspecified atom stereocenters. The van der Waals surface area contributed by atoms with Crippen molar-refractivity contribution in [2.24, 2.45) is 23.7 Å². The second-order valence-corrected chi connectivity index (χ2v) is 11.4. The summed E-state index contributed by atoms with van der Waals surface area (Å²) < 4.78 is 10.5. The van der Waals surface area contributed by atoms with Gasteiger partial charge in [0.05, 0.1) is 35.1 Å². The van der Waals surface area contributed by atoms with Crippen LogP contribution in [0.4, 0.5) is 0 Å². The first-order chi connectivity index (χ1) is 20.7. The van der Waals surface area contributed by atoms with Crippen molar-refractivity contribution < 1.29 is 33.4 Å². The lowest BCUT2D eigenvalue weighted by molar-refractivity contribution is -0.154. The number of allylic oxidation sites excluding steroid dienone is 2. The monoisotopic (exact) mass is 618 g/mol. The number of rotatable bonds is 8. The van der Waals surface area contributed by atoms with Crippen molar-refractivity contribution in [2.45, 2.75) is 6.42 Å². The van der Waals surface area contributed by atoms with Crippen LogP contribution in [-0.4, -0.2) is 53.1 Å². The molecule has 3 aromatic rings. The first kappa shape index (κ1) is 28.6. The second kappa shape index (κ2) is 11.3. The number of hydrogen-bond acceptors (Lipinski definition) is 7. The summed E-state index contributed by atoms with van der Waals surface area (Å²) in [7, 11) is 1.49. The molecule has 2 fully saturated rings. The van der Waals surface area contributed by atoms with E-state index in [1.807, 2.05) is 12.2 Å². The van der Waals surface area contributed by atoms with Crippen LogP contribution in [0.3, 0.4) is 0 Å². The highest BCUT2D eigenvalue weighted by atomic mass is 35.5. The number of nitrogens with zero attached hydrogens (tertiary/aromatic N) is 2. The van der Waals surface area contributed by atoms with Crippen molar-refractivity contribution in [1.82, 2.24) is 10.0 Å². The van der Waals surface area contributed by atoms with Crippen molar-refractivity contribution in [3.63, 3.8) is 0 Å². The maximum atomic E-state index is 13.8. The van der Waals surface area contributed by atoms with Gasteiger partial charge in [-0.1, -0.05) is 41.4 Å². The molecular formula is C32H24Cl2N2O7. The highest BCUT2D eigenvalue weighted by molar-refractivity contribution is 6.36. The predicted octanol–water partition coefficient (Wildman–Crippen LogP) is 5.27. The molecule has 4 atom stereocenters. The van der Waals surface area contributed by atoms with E-state index >= 15 is 0 Å². The Morgan fingerprint density at radius 3 is 2.16 bits per heavy atom. The van der Waals surface area contributed by atoms with Gasteiger partial charge in [-0.3, -0.25) is 19.2 Å². The number of hydrazine groups is 1. The van der Waals surface area contributed by atoms with Gasteiger partial charge in [-0.05, 0) is 78.9 Å². The number of halogens is 2. The van der Waals surface area contributed by atoms with Gasteiger partial charge >= 0.3 is 5.97 Å². The Bertz CT molecular complexity index is 1670. The van der Waals surface area contributed by atoms with Gasteiger partial charge in [-0.25, -0.2) is 9.80 Å². The number of benzene rings is 3. The van der Waals surface area contributed by atoms with Gasteiger partial charge in [0.15, 0.2) is 5.78 Å². The molecule has 218 valence electrons. The minimum absolute atomic E-state index is 0.0122. The SMILES string of the molecule is COc1cccc(C(=O)Oc2ccc(C(=O)CN(C(=O)c3ccc(Cl)cc3Cl)N3C(=O)[C@@H]4[C@@H](C3=O)[C@H]3C=C[C@H]4C3)cc2)c1. The van der Waals surface area contributed by atoms with Crippen molar-refractivity contribution in [3.05, 3.63) is 106 Å². The number of carbonyl (C=O) groups is 5. The molecule has 3 aliphatic rings. The number of imide groups is 1. The summed E-state index contributed by atoms with van der Waals surface area (Å²) in [5, 5.41) is 1.99. The topological polar surface area (TPSA) is 110 Å². The largest absolute Gasteiger partial charge is 0.497 e. The van der Waals surface area contributed by atoms with Crippen LogP contribution in [0.15, 0.2) is 78.9 Å². The van der Waals surface area contributed by atoms with Gasteiger partial charge in [0.1, 0.15) is 18.0 Å². The van der Waals surface area contributed by atoms with Crippen LogP contribution in [0.1, 0.15) is 37.5 Å². The van der Waals surface area contributed by atoms with E-state index < -0.39 is 47.9 Å². The quantitative estimate of drug-likeness (QED) is 0.111. The summed E-state index contributed by atoms with van der Waals surface area (Å²) in [6.45, 7) is -0.611. The highest BCUT2D eigenvalue weighted by Gasteiger charge is 2.61. The Morgan fingerprint density at radius 2 is 1.53 bits per heavy atom. The van der Waals surface area contributed by atoms with Crippen LogP contribution in [-0.2, 0) is 9.59 Å². The van der Waals surface area contributed by atoms with E-state index in [-0.39, 0.29) is 39.3 Å². The molecule has 1 saturated carbocycles. The highest BCUT2D eigenvalue weighted by Crippen LogP contribution is 2.52. The Balaban J connectivity index is 1.24. The number of ketones is 1. The molecule has 2 aliphatic carbocycles. The minimum Gasteiger partial charge on any atom is -0.497 e. The lowest BCUT2D eigenvalue weighted by Crippen LogP contribution is -2.52. The smallest absolute Gasteiger partial charge is 0.343 e. The fourth-order valence-electron chi connectivity index (χ4n) is 6.01. The third kappa shape index (κ3) is 5.19. The van der Waals surface area contributed by atoms with Gasteiger partial charge in [0.2, 0.25) is 0 Å². The molecular weight excluding hydrogens is 595 g/mol. The van der Waals surface area contributed by atoms with Crippen LogP contribution in [0.2, 0.25) is 10.0 Å². The molecule has 1 heterocycles. The Morgan fingerprint density at radius 1 is 0.860 bits per heavy atom. The van der Waals surface area contributed by atoms with E-state index in [1.165, 1.54) is 55.6 Å². The lowest BCUT2D eigenvalue weighted by Gasteiger charge is -2.31. The van der Waals surface area contributed by atoms with Crippen molar-refractivity contribution in [2.75, 3.05) is 13.7 Å². The zero-order chi connectivity index (χ0) is 30.4. The van der Waals surface area contributed by atoms with Crippen molar-refractivity contribution in [1.29, 1.82) is 0 Å². The molecule has 2 bridgehead atoms. The van der Waals surface area contributed by atoms with Gasteiger partial charge in [-0.2, -0.15) is 5.01 Å². The Hall–Kier alpha value is -4.47. The predicted molar refractivity (Wildman–Crippen MR) is 156 cm³/mol. The fraction of sp³-hybridized carbons (Fsp3) is 0.219. The number of amides is 3. The van der Waals surface area contributed by atoms with Gasteiger partial charge in [-0.15, -0.1) is 0 Å². The molecule has 43 heavy (non-hydrogen) atoms. The number of methoxy groups -OCH3 is 1. The van der Waals surface area contributed by atoms with E-state index in [0.29, 0.717) is 17.2 Å². The minimum atomic E-state index is -0.791. The summed E-state index contributed by atoms with van der Waals surface area (Å²) in [4.78, 5) is 67.0. The van der Waals surface area contributed by atoms with Gasteiger partial charge < -0.3 is 9.47 Å². The molecule has 3 amide bonds. The van der Waals surface area contributed by atoms with Crippen LogP contribution < -0.4 is 9.47 Å². The van der Waals surface area contributed by atoms with Crippen LogP contribution >= 0.6 is 23.2 Å². The maximum Gasteiger partial charge on any atom is 0.343 e. The standard InChI is InChI=1S/C32H24Cl2N2O7/c1-42-23-4-2-3-20(14-23)32(41)43-22-10-7-17(8-11-22)26(37)16-35(29(38)24-12-9-21(33)15-25(24)34)36-30(39)27-18-5-6-19(13-18)28(27)31(36)40/h2-12,14-15,18-19,27-28H,13,16H2,1H3/t18-,19-,27-,28-/m0/s1. The summed E-state index contributed by atoms with van der Waals surface area (Å²) in [5.74, 6) is -3.64. The zero-order valence-electron chi connectivity index (χ0n) is 22.7. The molecule has 0 spiro atoms. The fourth-order valence-corrected chi connectivity index (χ4v) is 6.50. The Labute approximate surface area is 256 Å². The van der Waals surface area contributed by atoms with E-state index in [9.17, 15) is 24.0 Å². The molecule has 0 aromatic heterocycles. The molecule has 0 radical (unpaired) electrons. The zero-order valence-corrected chi connectivity index (χ0v) is 24.2. The normalized spacial score (nSPS) is 21.6. The average Bonchev–Trinajstić information content (AvgIpc) is 3.69. The van der Waals surface area contributed by atoms with E-state index in [1.54, 1.807) is 18.2 Å². The van der Waals surface area contributed by atoms with Crippen molar-refractivity contribution >= 4 is 52.7 Å². The molecule has 1 aliphatic heterocycles. The molecule has 0 N–H and O–H groups in total. The number of esters is 1. The average molecular weight is 619 g/mol. The summed E-state index contributed by atoms with van der Waals surface area (Å²) in [5.41, 5.74) is 0.433. The number of Topliss-reactive ketones (excluding diaryl/α,β-unsaturated/α-hetero) is 1.